The average molecular weight is 428 g/mol. The van der Waals surface area contributed by atoms with E-state index < -0.39 is 0 Å². The Hall–Kier alpha value is -3.84. The van der Waals surface area contributed by atoms with Crippen LogP contribution < -0.4 is 15.5 Å². The van der Waals surface area contributed by atoms with Crippen molar-refractivity contribution in [2.45, 2.75) is 0 Å². The molecule has 0 unspecified atom stereocenters. The number of methoxy groups -OCH3 is 1. The monoisotopic (exact) mass is 428 g/mol. The Kier molecular flexibility index (Phi) is 4.83. The Labute approximate surface area is 184 Å². The number of carbonyl (C=O) groups excluding carboxylic acids is 1. The van der Waals surface area contributed by atoms with Crippen LogP contribution in [0.25, 0.3) is 43.6 Å². The predicted octanol–water partition coefficient (Wildman–Crippen LogP) is 3.62. The van der Waals surface area contributed by atoms with Crippen molar-refractivity contribution in [2.75, 3.05) is 34.3 Å². The molecule has 0 bridgehead atoms. The van der Waals surface area contributed by atoms with Gasteiger partial charge in [-0.25, -0.2) is 0 Å². The van der Waals surface area contributed by atoms with Crippen LogP contribution >= 0.6 is 0 Å². The Morgan fingerprint density at radius 3 is 2.50 bits per heavy atom. The number of hydrogen-bond acceptors (Lipinski definition) is 4. The maximum absolute atomic E-state index is 13.6. The molecule has 0 spiro atoms. The number of carbonyl (C=O) groups is 1. The first-order valence-corrected chi connectivity index (χ1v) is 10.5. The minimum atomic E-state index is -0.220. The molecule has 2 aromatic heterocycles. The van der Waals surface area contributed by atoms with Crippen LogP contribution in [0.15, 0.2) is 53.3 Å². The number of likely N-dealkylation sites (N-methyl/N-ethyl adjacent to an activating group) is 1. The summed E-state index contributed by atoms with van der Waals surface area (Å²) in [6.07, 6.45) is 0. The summed E-state index contributed by atoms with van der Waals surface area (Å²) in [6.45, 7) is 1.22. The van der Waals surface area contributed by atoms with E-state index in [0.29, 0.717) is 45.2 Å². The largest absolute Gasteiger partial charge is 0.497 e. The highest BCUT2D eigenvalue weighted by Crippen LogP contribution is 2.34. The number of para-hydroxylation sites is 1. The molecule has 5 rings (SSSR count). The molecular weight excluding hydrogens is 404 g/mol. The predicted molar refractivity (Wildman–Crippen MR) is 129 cm³/mol. The maximum Gasteiger partial charge on any atom is 0.253 e. The maximum atomic E-state index is 13.6. The molecule has 3 aromatic carbocycles. The van der Waals surface area contributed by atoms with Gasteiger partial charge in [0.05, 0.1) is 29.1 Å². The lowest BCUT2D eigenvalue weighted by atomic mass is 10.0. The number of rotatable bonds is 5. The van der Waals surface area contributed by atoms with Crippen LogP contribution in [0.2, 0.25) is 0 Å². The zero-order valence-corrected chi connectivity index (χ0v) is 18.2. The number of nitrogens with zero attached hydrogens (tertiary/aromatic N) is 1. The number of aromatic amines is 2. The van der Waals surface area contributed by atoms with Gasteiger partial charge in [0.15, 0.2) is 5.43 Å². The Morgan fingerprint density at radius 1 is 0.969 bits per heavy atom. The van der Waals surface area contributed by atoms with Crippen molar-refractivity contribution in [3.05, 3.63) is 64.3 Å². The average Bonchev–Trinajstić information content (AvgIpc) is 3.15. The third-order valence-corrected chi connectivity index (χ3v) is 5.85. The molecule has 0 aliphatic rings. The number of hydrogen-bond donors (Lipinski definition) is 3. The van der Waals surface area contributed by atoms with Crippen molar-refractivity contribution < 1.29 is 9.53 Å². The number of fused-ring (bicyclic) bond motifs is 6. The van der Waals surface area contributed by atoms with Gasteiger partial charge in [-0.05, 0) is 50.5 Å². The second-order valence-corrected chi connectivity index (χ2v) is 8.19. The number of nitrogens with one attached hydrogen (secondary N) is 3. The molecule has 0 fully saturated rings. The van der Waals surface area contributed by atoms with Gasteiger partial charge in [0.1, 0.15) is 5.75 Å². The van der Waals surface area contributed by atoms with Crippen molar-refractivity contribution in [2.24, 2.45) is 0 Å². The molecule has 0 aliphatic carbocycles. The summed E-state index contributed by atoms with van der Waals surface area (Å²) < 4.78 is 5.40. The van der Waals surface area contributed by atoms with Crippen molar-refractivity contribution in [1.82, 2.24) is 20.2 Å². The summed E-state index contributed by atoms with van der Waals surface area (Å²) >= 11 is 0. The Bertz CT molecular complexity index is 1560. The highest BCUT2D eigenvalue weighted by atomic mass is 16.5. The van der Waals surface area contributed by atoms with Gasteiger partial charge >= 0.3 is 0 Å². The van der Waals surface area contributed by atoms with Gasteiger partial charge in [-0.15, -0.1) is 0 Å². The second kappa shape index (κ2) is 7.69. The lowest BCUT2D eigenvalue weighted by Crippen LogP contribution is -2.31. The molecule has 0 radical (unpaired) electrons. The van der Waals surface area contributed by atoms with Crippen LogP contribution in [0.1, 0.15) is 10.4 Å². The van der Waals surface area contributed by atoms with Crippen molar-refractivity contribution in [3.8, 4) is 5.75 Å². The van der Waals surface area contributed by atoms with Crippen LogP contribution in [0.4, 0.5) is 0 Å². The van der Waals surface area contributed by atoms with E-state index in [2.05, 4.69) is 15.3 Å². The van der Waals surface area contributed by atoms with E-state index in [4.69, 9.17) is 4.74 Å². The lowest BCUT2D eigenvalue weighted by Gasteiger charge is -2.13. The van der Waals surface area contributed by atoms with E-state index in [-0.39, 0.29) is 11.3 Å². The summed E-state index contributed by atoms with van der Waals surface area (Å²) in [5.74, 6) is 0.491. The topological polar surface area (TPSA) is 90.2 Å². The highest BCUT2D eigenvalue weighted by Gasteiger charge is 2.20. The molecule has 0 atom stereocenters. The molecule has 7 nitrogen and oxygen atoms in total. The lowest BCUT2D eigenvalue weighted by molar-refractivity contribution is 0.0952. The number of aromatic nitrogens is 2. The fraction of sp³-hybridized carbons (Fsp3) is 0.200. The number of benzene rings is 3. The summed E-state index contributed by atoms with van der Waals surface area (Å²) in [6, 6.07) is 14.9. The van der Waals surface area contributed by atoms with Gasteiger partial charge < -0.3 is 24.9 Å². The van der Waals surface area contributed by atoms with Crippen LogP contribution in [0.5, 0.6) is 5.75 Å². The van der Waals surface area contributed by atoms with E-state index in [9.17, 15) is 9.59 Å². The molecule has 162 valence electrons. The third kappa shape index (κ3) is 3.18. The first-order valence-electron chi connectivity index (χ1n) is 10.5. The molecule has 32 heavy (non-hydrogen) atoms. The zero-order valence-electron chi connectivity index (χ0n) is 18.2. The van der Waals surface area contributed by atoms with Crippen molar-refractivity contribution >= 4 is 49.5 Å². The molecule has 0 saturated heterocycles. The van der Waals surface area contributed by atoms with E-state index in [1.165, 1.54) is 0 Å². The number of amides is 1. The molecule has 7 heteroatoms. The highest BCUT2D eigenvalue weighted by molar-refractivity contribution is 6.22. The summed E-state index contributed by atoms with van der Waals surface area (Å²) in [4.78, 5) is 35.5. The van der Waals surface area contributed by atoms with Gasteiger partial charge in [-0.2, -0.15) is 0 Å². The normalized spacial score (nSPS) is 11.8. The molecule has 1 amide bonds. The van der Waals surface area contributed by atoms with Gasteiger partial charge in [-0.3, -0.25) is 9.59 Å². The molecule has 2 heterocycles. The number of ether oxygens (including phenoxy) is 1. The summed E-state index contributed by atoms with van der Waals surface area (Å²) in [7, 11) is 5.53. The van der Waals surface area contributed by atoms with Gasteiger partial charge in [0.25, 0.3) is 5.91 Å². The minimum Gasteiger partial charge on any atom is -0.497 e. The Morgan fingerprint density at radius 2 is 1.72 bits per heavy atom. The summed E-state index contributed by atoms with van der Waals surface area (Å²) in [5, 5.41) is 5.76. The quantitative estimate of drug-likeness (QED) is 0.373. The van der Waals surface area contributed by atoms with Gasteiger partial charge in [-0.1, -0.05) is 12.1 Å². The van der Waals surface area contributed by atoms with Crippen molar-refractivity contribution in [3.63, 3.8) is 0 Å². The number of pyridine rings is 1. The van der Waals surface area contributed by atoms with E-state index >= 15 is 0 Å². The van der Waals surface area contributed by atoms with Crippen molar-refractivity contribution in [1.29, 1.82) is 0 Å². The molecular formula is C25H24N4O3. The van der Waals surface area contributed by atoms with E-state index in [1.54, 1.807) is 13.2 Å². The molecule has 5 aromatic rings. The fourth-order valence-electron chi connectivity index (χ4n) is 4.23. The van der Waals surface area contributed by atoms with Gasteiger partial charge in [0, 0.05) is 40.3 Å². The third-order valence-electron chi connectivity index (χ3n) is 5.85. The smallest absolute Gasteiger partial charge is 0.253 e. The second-order valence-electron chi connectivity index (χ2n) is 8.19. The van der Waals surface area contributed by atoms with Crippen LogP contribution in [-0.4, -0.2) is 55.1 Å². The van der Waals surface area contributed by atoms with Gasteiger partial charge in [0.2, 0.25) is 0 Å². The van der Waals surface area contributed by atoms with E-state index in [1.807, 2.05) is 61.5 Å². The van der Waals surface area contributed by atoms with Crippen LogP contribution in [0, 0.1) is 0 Å². The minimum absolute atomic E-state index is 0.110. The standard InChI is InChI=1S/C25H24N4O3/c1-29(2)11-10-26-25(31)18-13-17-16-12-14(32-3)8-9-20(16)28-22(17)21-23(18)27-19-7-5-4-6-15(19)24(21)30/h4-9,12-13,28H,10-11H2,1-3H3,(H,26,31)(H,27,30). The fourth-order valence-corrected chi connectivity index (χ4v) is 4.23. The molecule has 0 aliphatic heterocycles. The van der Waals surface area contributed by atoms with Crippen LogP contribution in [0.3, 0.4) is 0 Å². The first-order chi connectivity index (χ1) is 15.5. The first kappa shape index (κ1) is 20.1. The van der Waals surface area contributed by atoms with Crippen LogP contribution in [-0.2, 0) is 0 Å². The van der Waals surface area contributed by atoms with E-state index in [0.717, 1.165) is 22.8 Å². The SMILES string of the molecule is COc1ccc2[nH]c3c(cc(C(=O)NCCN(C)C)c4[nH]c5ccccc5c(=O)c43)c2c1. The number of H-pyrrole nitrogens is 2. The summed E-state index contributed by atoms with van der Waals surface area (Å²) in [5.41, 5.74) is 3.14. The Balaban J connectivity index is 1.86. The zero-order chi connectivity index (χ0) is 22.4. The molecule has 3 N–H and O–H groups in total. The molecule has 0 saturated carbocycles.